The molecule has 112 valence electrons. The maximum Gasteiger partial charge on any atom is 0.238 e. The molecule has 0 spiro atoms. The van der Waals surface area contributed by atoms with Crippen molar-refractivity contribution in [2.45, 2.75) is 33.1 Å². The summed E-state index contributed by atoms with van der Waals surface area (Å²) in [5.41, 5.74) is -0.836. The van der Waals surface area contributed by atoms with Gasteiger partial charge in [-0.25, -0.2) is 0 Å². The molecule has 2 bridgehead atoms. The summed E-state index contributed by atoms with van der Waals surface area (Å²) in [4.78, 5) is 25.4. The molecule has 1 N–H and O–H groups in total. The lowest BCUT2D eigenvalue weighted by Crippen LogP contribution is -2.44. The van der Waals surface area contributed by atoms with E-state index in [0.29, 0.717) is 34.5 Å². The van der Waals surface area contributed by atoms with Crippen molar-refractivity contribution in [2.75, 3.05) is 5.32 Å². The first-order valence-corrected chi connectivity index (χ1v) is 7.84. The SMILES string of the molecule is CC1(C)C(=O)[C@]2(C(=O)Nc3cc(Cl)ccc3Cl)CC[C@@H]1C2. The van der Waals surface area contributed by atoms with Gasteiger partial charge in [0.25, 0.3) is 0 Å². The third-order valence-corrected chi connectivity index (χ3v) is 5.73. The number of anilines is 1. The number of nitrogens with one attached hydrogen (secondary N) is 1. The zero-order valence-corrected chi connectivity index (χ0v) is 13.5. The highest BCUT2D eigenvalue weighted by Crippen LogP contribution is 2.60. The van der Waals surface area contributed by atoms with E-state index in [1.165, 1.54) is 0 Å². The van der Waals surface area contributed by atoms with E-state index < -0.39 is 10.8 Å². The quantitative estimate of drug-likeness (QED) is 0.823. The van der Waals surface area contributed by atoms with Gasteiger partial charge in [0.15, 0.2) is 5.78 Å². The molecule has 21 heavy (non-hydrogen) atoms. The van der Waals surface area contributed by atoms with Gasteiger partial charge in [-0.1, -0.05) is 37.0 Å². The Kier molecular flexibility index (Phi) is 3.34. The van der Waals surface area contributed by atoms with Gasteiger partial charge >= 0.3 is 0 Å². The Hall–Kier alpha value is -1.06. The zero-order chi connectivity index (χ0) is 15.4. The van der Waals surface area contributed by atoms with E-state index in [2.05, 4.69) is 5.32 Å². The number of carbonyl (C=O) groups excluding carboxylic acids is 2. The van der Waals surface area contributed by atoms with Crippen molar-refractivity contribution in [1.29, 1.82) is 0 Å². The maximum absolute atomic E-state index is 12.7. The summed E-state index contributed by atoms with van der Waals surface area (Å²) < 4.78 is 0. The van der Waals surface area contributed by atoms with Crippen molar-refractivity contribution in [3.8, 4) is 0 Å². The van der Waals surface area contributed by atoms with Crippen LogP contribution < -0.4 is 5.32 Å². The highest BCUT2D eigenvalue weighted by molar-refractivity contribution is 6.36. The fourth-order valence-corrected chi connectivity index (χ4v) is 4.15. The number of hydrogen-bond donors (Lipinski definition) is 1. The summed E-state index contributed by atoms with van der Waals surface area (Å²) in [7, 11) is 0. The third kappa shape index (κ3) is 2.09. The number of fused-ring (bicyclic) bond motifs is 2. The van der Waals surface area contributed by atoms with Crippen LogP contribution in [0.4, 0.5) is 5.69 Å². The molecule has 1 amide bonds. The molecule has 0 aliphatic heterocycles. The Morgan fingerprint density at radius 1 is 1.33 bits per heavy atom. The number of benzene rings is 1. The minimum Gasteiger partial charge on any atom is -0.324 e. The normalized spacial score (nSPS) is 29.7. The number of rotatable bonds is 2. The second-order valence-electron chi connectivity index (χ2n) is 6.65. The number of Topliss-reactive ketones (excluding diaryl/α,β-unsaturated/α-hetero) is 1. The summed E-state index contributed by atoms with van der Waals surface area (Å²) in [5, 5.41) is 3.72. The number of carbonyl (C=O) groups is 2. The Labute approximate surface area is 134 Å². The third-order valence-electron chi connectivity index (χ3n) is 5.17. The molecule has 2 atom stereocenters. The van der Waals surface area contributed by atoms with Crippen LogP contribution in [0.15, 0.2) is 18.2 Å². The second-order valence-corrected chi connectivity index (χ2v) is 7.49. The van der Waals surface area contributed by atoms with Crippen LogP contribution in [0.25, 0.3) is 0 Å². The van der Waals surface area contributed by atoms with E-state index >= 15 is 0 Å². The molecular weight excluding hydrogens is 309 g/mol. The number of ketones is 1. The van der Waals surface area contributed by atoms with Crippen LogP contribution in [0.5, 0.6) is 0 Å². The first kappa shape index (κ1) is 14.9. The van der Waals surface area contributed by atoms with Crippen LogP contribution in [0.1, 0.15) is 33.1 Å². The van der Waals surface area contributed by atoms with Gasteiger partial charge in [-0.3, -0.25) is 9.59 Å². The molecule has 5 heteroatoms. The minimum atomic E-state index is -0.889. The Bertz CT molecular complexity index is 641. The maximum atomic E-state index is 12.7. The van der Waals surface area contributed by atoms with Crippen LogP contribution >= 0.6 is 23.2 Å². The first-order chi connectivity index (χ1) is 9.77. The lowest BCUT2D eigenvalue weighted by atomic mass is 9.70. The van der Waals surface area contributed by atoms with Crippen molar-refractivity contribution in [2.24, 2.45) is 16.7 Å². The molecule has 3 rings (SSSR count). The van der Waals surface area contributed by atoms with Gasteiger partial charge < -0.3 is 5.32 Å². The van der Waals surface area contributed by atoms with Crippen molar-refractivity contribution >= 4 is 40.6 Å². The predicted molar refractivity (Wildman–Crippen MR) is 83.7 cm³/mol. The van der Waals surface area contributed by atoms with Gasteiger partial charge in [0.2, 0.25) is 5.91 Å². The van der Waals surface area contributed by atoms with Crippen molar-refractivity contribution in [3.63, 3.8) is 0 Å². The van der Waals surface area contributed by atoms with E-state index in [0.717, 1.165) is 6.42 Å². The molecule has 2 fully saturated rings. The summed E-state index contributed by atoms with van der Waals surface area (Å²) in [5.74, 6) is 0.109. The van der Waals surface area contributed by atoms with Crippen molar-refractivity contribution in [1.82, 2.24) is 0 Å². The van der Waals surface area contributed by atoms with E-state index in [9.17, 15) is 9.59 Å². The Balaban J connectivity index is 1.90. The van der Waals surface area contributed by atoms with Gasteiger partial charge in [-0.2, -0.15) is 0 Å². The molecule has 0 heterocycles. The van der Waals surface area contributed by atoms with E-state index in [-0.39, 0.29) is 11.7 Å². The lowest BCUT2D eigenvalue weighted by Gasteiger charge is -2.32. The van der Waals surface area contributed by atoms with E-state index in [1.807, 2.05) is 13.8 Å². The summed E-state index contributed by atoms with van der Waals surface area (Å²) in [6.07, 6.45) is 2.20. The van der Waals surface area contributed by atoms with E-state index in [1.54, 1.807) is 18.2 Å². The molecule has 2 aliphatic rings. The smallest absolute Gasteiger partial charge is 0.238 e. The van der Waals surface area contributed by atoms with E-state index in [4.69, 9.17) is 23.2 Å². The average molecular weight is 326 g/mol. The van der Waals surface area contributed by atoms with Crippen LogP contribution in [0, 0.1) is 16.7 Å². The van der Waals surface area contributed by atoms with Gasteiger partial charge in [0.05, 0.1) is 10.7 Å². The number of amides is 1. The standard InChI is InChI=1S/C16H17Cl2NO2/c1-15(2)9-5-6-16(8-9,13(15)20)14(21)19-12-7-10(17)3-4-11(12)18/h3-4,7,9H,5-6,8H2,1-2H3,(H,19,21)/t9-,16+/m1/s1. The predicted octanol–water partition coefficient (Wildman–Crippen LogP) is 4.33. The molecule has 0 unspecified atom stereocenters. The highest BCUT2D eigenvalue weighted by Gasteiger charge is 2.65. The average Bonchev–Trinajstić information content (AvgIpc) is 2.94. The molecule has 0 radical (unpaired) electrons. The molecule has 0 saturated heterocycles. The van der Waals surface area contributed by atoms with Crippen molar-refractivity contribution in [3.05, 3.63) is 28.2 Å². The minimum absolute atomic E-state index is 0.0573. The van der Waals surface area contributed by atoms with Gasteiger partial charge in [-0.05, 0) is 43.4 Å². The molecule has 1 aromatic rings. The van der Waals surface area contributed by atoms with Crippen LogP contribution in [-0.2, 0) is 9.59 Å². The first-order valence-electron chi connectivity index (χ1n) is 7.09. The van der Waals surface area contributed by atoms with Gasteiger partial charge in [0, 0.05) is 10.4 Å². The number of halogens is 2. The fourth-order valence-electron chi connectivity index (χ4n) is 3.81. The highest BCUT2D eigenvalue weighted by atomic mass is 35.5. The lowest BCUT2D eigenvalue weighted by molar-refractivity contribution is -0.142. The van der Waals surface area contributed by atoms with Crippen LogP contribution in [0.2, 0.25) is 10.0 Å². The second kappa shape index (κ2) is 4.72. The molecular formula is C16H17Cl2NO2. The summed E-state index contributed by atoms with van der Waals surface area (Å²) >= 11 is 12.0. The Morgan fingerprint density at radius 2 is 2.05 bits per heavy atom. The molecule has 2 saturated carbocycles. The topological polar surface area (TPSA) is 46.2 Å². The molecule has 0 aromatic heterocycles. The molecule has 2 aliphatic carbocycles. The van der Waals surface area contributed by atoms with Crippen LogP contribution in [0.3, 0.4) is 0 Å². The monoisotopic (exact) mass is 325 g/mol. The largest absolute Gasteiger partial charge is 0.324 e. The molecule has 1 aromatic carbocycles. The zero-order valence-electron chi connectivity index (χ0n) is 12.0. The van der Waals surface area contributed by atoms with Gasteiger partial charge in [-0.15, -0.1) is 0 Å². The Morgan fingerprint density at radius 3 is 2.67 bits per heavy atom. The van der Waals surface area contributed by atoms with Crippen molar-refractivity contribution < 1.29 is 9.59 Å². The van der Waals surface area contributed by atoms with Gasteiger partial charge in [0.1, 0.15) is 5.41 Å². The number of hydrogen-bond acceptors (Lipinski definition) is 2. The van der Waals surface area contributed by atoms with Crippen LogP contribution in [-0.4, -0.2) is 11.7 Å². The molecule has 3 nitrogen and oxygen atoms in total. The fraction of sp³-hybridized carbons (Fsp3) is 0.500. The summed E-state index contributed by atoms with van der Waals surface area (Å²) in [6, 6.07) is 4.90. The summed E-state index contributed by atoms with van der Waals surface area (Å²) in [6.45, 7) is 3.89.